The molecule has 0 saturated heterocycles. The Morgan fingerprint density at radius 3 is 2.32 bits per heavy atom. The number of benzene rings is 3. The third-order valence-corrected chi connectivity index (χ3v) is 8.24. The number of carbonyl (C=O) groups excluding carboxylic acids is 1. The number of ether oxygens (including phenoxy) is 2. The van der Waals surface area contributed by atoms with E-state index in [0.29, 0.717) is 45.8 Å². The average Bonchev–Trinajstić information content (AvgIpc) is 2.98. The quantitative estimate of drug-likeness (QED) is 0.156. The zero-order valence-corrected chi connectivity index (χ0v) is 26.3. The molecule has 44 heavy (non-hydrogen) atoms. The summed E-state index contributed by atoms with van der Waals surface area (Å²) in [4.78, 5) is 30.2. The lowest BCUT2D eigenvalue weighted by Crippen LogP contribution is -2.23. The second-order valence-electron chi connectivity index (χ2n) is 11.4. The van der Waals surface area contributed by atoms with Crippen LogP contribution in [0.4, 0.5) is 27.9 Å². The molecular weight excluding hydrogens is 577 g/mol. The van der Waals surface area contributed by atoms with Gasteiger partial charge in [-0.05, 0) is 48.6 Å². The third-order valence-electron chi connectivity index (χ3n) is 6.75. The van der Waals surface area contributed by atoms with E-state index in [0.717, 1.165) is 16.3 Å². The summed E-state index contributed by atoms with van der Waals surface area (Å²) in [6.45, 7) is 9.56. The SMILES string of the molecule is COc1c(NC(=O)Nc2ccc(Oc3ccnc(Nc4cnccn4)n3)c3ccccc23)cc(C(C)(C)C)cc1P(C)(C)=O. The van der Waals surface area contributed by atoms with Crippen LogP contribution in [-0.4, -0.2) is 46.4 Å². The summed E-state index contributed by atoms with van der Waals surface area (Å²) in [5.41, 5.74) is 1.70. The minimum Gasteiger partial charge on any atom is -0.494 e. The first-order valence-electron chi connectivity index (χ1n) is 13.8. The number of aromatic nitrogens is 4. The molecule has 0 atom stereocenters. The molecule has 0 radical (unpaired) electrons. The molecule has 0 aliphatic carbocycles. The summed E-state index contributed by atoms with van der Waals surface area (Å²) < 4.78 is 25.0. The number of urea groups is 1. The van der Waals surface area contributed by atoms with E-state index >= 15 is 0 Å². The van der Waals surface area contributed by atoms with Crippen LogP contribution in [-0.2, 0) is 9.98 Å². The number of rotatable bonds is 8. The third kappa shape index (κ3) is 6.95. The lowest BCUT2D eigenvalue weighted by molar-refractivity contribution is 0.262. The highest BCUT2D eigenvalue weighted by Crippen LogP contribution is 2.43. The maximum Gasteiger partial charge on any atom is 0.323 e. The molecule has 5 aromatic rings. The molecule has 0 saturated carbocycles. The summed E-state index contributed by atoms with van der Waals surface area (Å²) in [5.74, 6) is 2.05. The highest BCUT2D eigenvalue weighted by atomic mass is 31.2. The van der Waals surface area contributed by atoms with E-state index in [1.165, 1.54) is 7.11 Å². The van der Waals surface area contributed by atoms with E-state index < -0.39 is 13.2 Å². The molecule has 12 heteroatoms. The zero-order valence-electron chi connectivity index (χ0n) is 25.4. The fraction of sp³-hybridized carbons (Fsp3) is 0.219. The molecule has 0 spiro atoms. The molecule has 2 aromatic heterocycles. The second-order valence-corrected chi connectivity index (χ2v) is 14.6. The first kappa shape index (κ1) is 30.4. The molecule has 2 heterocycles. The number of nitrogens with one attached hydrogen (secondary N) is 3. The van der Waals surface area contributed by atoms with Crippen LogP contribution in [0.3, 0.4) is 0 Å². The molecule has 3 N–H and O–H groups in total. The number of anilines is 4. The molecule has 0 bridgehead atoms. The molecule has 2 amide bonds. The van der Waals surface area contributed by atoms with Crippen molar-refractivity contribution in [1.82, 2.24) is 19.9 Å². The number of carbonyl (C=O) groups is 1. The van der Waals surface area contributed by atoms with Gasteiger partial charge in [0.25, 0.3) is 0 Å². The molecule has 0 unspecified atom stereocenters. The molecule has 226 valence electrons. The summed E-state index contributed by atoms with van der Waals surface area (Å²) in [6, 6.07) is 16.0. The predicted octanol–water partition coefficient (Wildman–Crippen LogP) is 7.15. The summed E-state index contributed by atoms with van der Waals surface area (Å²) in [5, 5.41) is 11.0. The van der Waals surface area contributed by atoms with Gasteiger partial charge >= 0.3 is 6.03 Å². The van der Waals surface area contributed by atoms with Crippen molar-refractivity contribution < 1.29 is 18.8 Å². The van der Waals surface area contributed by atoms with Gasteiger partial charge in [0.1, 0.15) is 12.9 Å². The predicted molar refractivity (Wildman–Crippen MR) is 175 cm³/mol. The van der Waals surface area contributed by atoms with Crippen molar-refractivity contribution in [2.75, 3.05) is 36.4 Å². The lowest BCUT2D eigenvalue weighted by atomic mass is 9.86. The normalized spacial score (nSPS) is 11.6. The Morgan fingerprint density at radius 2 is 1.64 bits per heavy atom. The van der Waals surface area contributed by atoms with E-state index in [1.807, 2.05) is 36.4 Å². The van der Waals surface area contributed by atoms with Crippen LogP contribution in [0.2, 0.25) is 0 Å². The summed E-state index contributed by atoms with van der Waals surface area (Å²) in [7, 11) is -1.22. The largest absolute Gasteiger partial charge is 0.494 e. The Labute approximate surface area is 255 Å². The van der Waals surface area contributed by atoms with E-state index in [2.05, 4.69) is 56.7 Å². The monoisotopic (exact) mass is 611 g/mol. The number of hydrogen-bond acceptors (Lipinski definition) is 9. The van der Waals surface area contributed by atoms with Crippen molar-refractivity contribution in [1.29, 1.82) is 0 Å². The van der Waals surface area contributed by atoms with Gasteiger partial charge in [-0.25, -0.2) is 14.8 Å². The average molecular weight is 612 g/mol. The Kier molecular flexibility index (Phi) is 8.51. The second kappa shape index (κ2) is 12.3. The van der Waals surface area contributed by atoms with E-state index in [4.69, 9.17) is 9.47 Å². The van der Waals surface area contributed by atoms with E-state index in [9.17, 15) is 9.36 Å². The molecular formula is C32H34N7O4P. The minimum atomic E-state index is -2.72. The van der Waals surface area contributed by atoms with Gasteiger partial charge in [-0.15, -0.1) is 0 Å². The van der Waals surface area contributed by atoms with Crippen LogP contribution in [0.1, 0.15) is 26.3 Å². The van der Waals surface area contributed by atoms with Gasteiger partial charge in [-0.2, -0.15) is 4.98 Å². The minimum absolute atomic E-state index is 0.245. The maximum absolute atomic E-state index is 13.4. The Hall–Kier alpha value is -5.02. The van der Waals surface area contributed by atoms with E-state index in [-0.39, 0.29) is 5.41 Å². The Balaban J connectivity index is 1.41. The van der Waals surface area contributed by atoms with Crippen molar-refractivity contribution in [3.05, 3.63) is 84.9 Å². The topological polar surface area (TPSA) is 140 Å². The lowest BCUT2D eigenvalue weighted by Gasteiger charge is -2.25. The molecule has 0 aliphatic heterocycles. The van der Waals surface area contributed by atoms with Crippen LogP contribution in [0.25, 0.3) is 10.8 Å². The molecule has 5 rings (SSSR count). The van der Waals surface area contributed by atoms with Gasteiger partial charge in [0.05, 0.1) is 30.0 Å². The first-order chi connectivity index (χ1) is 20.9. The van der Waals surface area contributed by atoms with Crippen molar-refractivity contribution >= 4 is 52.4 Å². The number of amides is 2. The Bertz CT molecular complexity index is 1870. The molecule has 0 fully saturated rings. The standard InChI is InChI=1S/C32H34N7O4P/c1-32(2,3)20-17-24(29(42-4)26(18-20)44(5,6)41)37-31(40)36-23-11-12-25(22-10-8-7-9-21(22)23)43-28-13-14-35-30(39-28)38-27-19-33-15-16-34-27/h7-19H,1-6H3,(H2,36,37,40)(H,34,35,38,39). The fourth-order valence-corrected chi connectivity index (χ4v) is 5.70. The van der Waals surface area contributed by atoms with Crippen molar-refractivity contribution in [3.8, 4) is 17.4 Å². The summed E-state index contributed by atoms with van der Waals surface area (Å²) >= 11 is 0. The van der Waals surface area contributed by atoms with Gasteiger partial charge in [0.15, 0.2) is 11.6 Å². The van der Waals surface area contributed by atoms with Gasteiger partial charge in [0, 0.05) is 35.4 Å². The van der Waals surface area contributed by atoms with Crippen molar-refractivity contribution in [3.63, 3.8) is 0 Å². The Morgan fingerprint density at radius 1 is 0.886 bits per heavy atom. The van der Waals surface area contributed by atoms with Crippen molar-refractivity contribution in [2.45, 2.75) is 26.2 Å². The summed E-state index contributed by atoms with van der Waals surface area (Å²) in [6.07, 6.45) is 6.28. The number of methoxy groups -OCH3 is 1. The first-order valence-corrected chi connectivity index (χ1v) is 16.4. The van der Waals surface area contributed by atoms with Gasteiger partial charge < -0.3 is 30.0 Å². The van der Waals surface area contributed by atoms with Gasteiger partial charge in [0.2, 0.25) is 11.8 Å². The van der Waals surface area contributed by atoms with Crippen LogP contribution in [0.15, 0.2) is 79.4 Å². The molecule has 11 nitrogen and oxygen atoms in total. The number of hydrogen-bond donors (Lipinski definition) is 3. The molecule has 0 aliphatic rings. The maximum atomic E-state index is 13.4. The van der Waals surface area contributed by atoms with Crippen LogP contribution < -0.4 is 30.7 Å². The van der Waals surface area contributed by atoms with Crippen LogP contribution in [0, 0.1) is 0 Å². The number of nitrogens with zero attached hydrogens (tertiary/aromatic N) is 4. The van der Waals surface area contributed by atoms with Gasteiger partial charge in [-0.1, -0.05) is 45.0 Å². The number of fused-ring (bicyclic) bond motifs is 1. The highest BCUT2D eigenvalue weighted by molar-refractivity contribution is 7.70. The fourth-order valence-electron chi connectivity index (χ4n) is 4.55. The van der Waals surface area contributed by atoms with Gasteiger partial charge in [-0.3, -0.25) is 4.98 Å². The van der Waals surface area contributed by atoms with Crippen LogP contribution in [0.5, 0.6) is 17.4 Å². The molecule has 3 aromatic carbocycles. The van der Waals surface area contributed by atoms with Crippen molar-refractivity contribution in [2.24, 2.45) is 0 Å². The van der Waals surface area contributed by atoms with Crippen LogP contribution >= 0.6 is 7.14 Å². The zero-order chi connectivity index (χ0) is 31.5. The van der Waals surface area contributed by atoms with E-state index in [1.54, 1.807) is 56.3 Å². The smallest absolute Gasteiger partial charge is 0.323 e. The highest BCUT2D eigenvalue weighted by Gasteiger charge is 2.26.